The van der Waals surface area contributed by atoms with E-state index < -0.39 is 0 Å². The molecule has 0 saturated carbocycles. The van der Waals surface area contributed by atoms with Crippen LogP contribution in [0.5, 0.6) is 5.75 Å². The maximum Gasteiger partial charge on any atom is 0.229 e. The summed E-state index contributed by atoms with van der Waals surface area (Å²) in [6.45, 7) is 4.00. The molecule has 3 nitrogen and oxygen atoms in total. The lowest BCUT2D eigenvalue weighted by Gasteiger charge is -2.29. The summed E-state index contributed by atoms with van der Waals surface area (Å²) in [6, 6.07) is 5.94. The van der Waals surface area contributed by atoms with Crippen LogP contribution in [0, 0.1) is 12.8 Å². The fraction of sp³-hybridized carbons (Fsp3) is 0.400. The lowest BCUT2D eigenvalue weighted by molar-refractivity contribution is -0.131. The third-order valence-electron chi connectivity index (χ3n) is 3.49. The van der Waals surface area contributed by atoms with E-state index in [0.717, 1.165) is 29.0 Å². The first-order valence-electron chi connectivity index (χ1n) is 6.17. The minimum Gasteiger partial charge on any atom is -0.497 e. The molecule has 0 bridgehead atoms. The molecule has 0 aromatic heterocycles. The van der Waals surface area contributed by atoms with Crippen molar-refractivity contribution in [3.63, 3.8) is 0 Å². The van der Waals surface area contributed by atoms with E-state index in [0.29, 0.717) is 0 Å². The molecule has 1 unspecified atom stereocenters. The number of aryl methyl sites for hydroxylation is 1. The first-order valence-corrected chi connectivity index (χ1v) is 6.17. The molecule has 0 spiro atoms. The van der Waals surface area contributed by atoms with Crippen LogP contribution in [-0.4, -0.2) is 25.0 Å². The van der Waals surface area contributed by atoms with Crippen LogP contribution in [0.1, 0.15) is 24.5 Å². The van der Waals surface area contributed by atoms with Crippen molar-refractivity contribution in [1.29, 1.82) is 0 Å². The molecule has 1 aromatic carbocycles. The number of carbonyl (C=O) groups excluding carboxylic acids is 1. The first-order chi connectivity index (χ1) is 8.54. The molecule has 3 heteroatoms. The zero-order valence-electron chi connectivity index (χ0n) is 11.4. The van der Waals surface area contributed by atoms with E-state index in [4.69, 9.17) is 4.74 Å². The van der Waals surface area contributed by atoms with E-state index in [1.165, 1.54) is 0 Å². The number of hydrogen-bond acceptors (Lipinski definition) is 2. The maximum atomic E-state index is 12.0. The summed E-state index contributed by atoms with van der Waals surface area (Å²) in [6.07, 6.45) is 2.95. The van der Waals surface area contributed by atoms with Crippen molar-refractivity contribution in [2.45, 2.75) is 20.3 Å². The fourth-order valence-corrected chi connectivity index (χ4v) is 2.32. The van der Waals surface area contributed by atoms with Crippen molar-refractivity contribution in [2.75, 3.05) is 14.2 Å². The van der Waals surface area contributed by atoms with Crippen LogP contribution in [0.25, 0.3) is 5.70 Å². The Morgan fingerprint density at radius 2 is 2.11 bits per heavy atom. The molecule has 0 saturated heterocycles. The van der Waals surface area contributed by atoms with Gasteiger partial charge in [-0.1, -0.05) is 13.0 Å². The number of methoxy groups -OCH3 is 1. The Kier molecular flexibility index (Phi) is 3.41. The molecule has 0 radical (unpaired) electrons. The minimum absolute atomic E-state index is 0.0808. The van der Waals surface area contributed by atoms with Gasteiger partial charge in [-0.05, 0) is 37.1 Å². The summed E-state index contributed by atoms with van der Waals surface area (Å²) in [7, 11) is 3.50. The summed E-state index contributed by atoms with van der Waals surface area (Å²) >= 11 is 0. The summed E-state index contributed by atoms with van der Waals surface area (Å²) in [5.74, 6) is 1.11. The van der Waals surface area contributed by atoms with Gasteiger partial charge < -0.3 is 9.64 Å². The molecule has 1 atom stereocenters. The van der Waals surface area contributed by atoms with Crippen molar-refractivity contribution in [1.82, 2.24) is 4.90 Å². The van der Waals surface area contributed by atoms with Crippen molar-refractivity contribution in [2.24, 2.45) is 5.92 Å². The molecule has 1 amide bonds. The smallest absolute Gasteiger partial charge is 0.229 e. The van der Waals surface area contributed by atoms with Gasteiger partial charge in [0.2, 0.25) is 5.91 Å². The van der Waals surface area contributed by atoms with Crippen LogP contribution < -0.4 is 4.74 Å². The van der Waals surface area contributed by atoms with E-state index >= 15 is 0 Å². The van der Waals surface area contributed by atoms with Gasteiger partial charge in [0.1, 0.15) is 5.75 Å². The minimum atomic E-state index is 0.0808. The van der Waals surface area contributed by atoms with E-state index in [9.17, 15) is 4.79 Å². The summed E-state index contributed by atoms with van der Waals surface area (Å²) in [5, 5.41) is 0. The van der Waals surface area contributed by atoms with Crippen molar-refractivity contribution in [3.8, 4) is 5.75 Å². The lowest BCUT2D eigenvalue weighted by atomic mass is 9.95. The predicted molar refractivity (Wildman–Crippen MR) is 72.3 cm³/mol. The lowest BCUT2D eigenvalue weighted by Crippen LogP contribution is -2.33. The Balaban J connectivity index is 2.40. The molecular weight excluding hydrogens is 226 g/mol. The Morgan fingerprint density at radius 1 is 1.39 bits per heavy atom. The molecule has 1 aliphatic heterocycles. The van der Waals surface area contributed by atoms with Crippen molar-refractivity contribution in [3.05, 3.63) is 35.4 Å². The zero-order valence-corrected chi connectivity index (χ0v) is 11.4. The molecule has 96 valence electrons. The summed E-state index contributed by atoms with van der Waals surface area (Å²) in [4.78, 5) is 13.8. The Bertz CT molecular complexity index is 505. The second kappa shape index (κ2) is 4.84. The molecule has 0 fully saturated rings. The molecule has 1 aromatic rings. The average Bonchev–Trinajstić information content (AvgIpc) is 2.37. The van der Waals surface area contributed by atoms with Gasteiger partial charge in [0.25, 0.3) is 0 Å². The monoisotopic (exact) mass is 245 g/mol. The number of benzene rings is 1. The molecule has 1 aliphatic rings. The summed E-state index contributed by atoms with van der Waals surface area (Å²) < 4.78 is 5.20. The highest BCUT2D eigenvalue weighted by molar-refractivity contribution is 5.90. The molecule has 18 heavy (non-hydrogen) atoms. The van der Waals surface area contributed by atoms with Crippen molar-refractivity contribution >= 4 is 11.6 Å². The molecule has 0 aliphatic carbocycles. The van der Waals surface area contributed by atoms with Crippen LogP contribution in [0.3, 0.4) is 0 Å². The molecule has 2 rings (SSSR count). The number of amides is 1. The van der Waals surface area contributed by atoms with Gasteiger partial charge in [-0.25, -0.2) is 0 Å². The maximum absolute atomic E-state index is 12.0. The first kappa shape index (κ1) is 12.7. The zero-order chi connectivity index (χ0) is 13.3. The van der Waals surface area contributed by atoms with Gasteiger partial charge in [-0.15, -0.1) is 0 Å². The van der Waals surface area contributed by atoms with Gasteiger partial charge in [0, 0.05) is 24.2 Å². The van der Waals surface area contributed by atoms with Crippen LogP contribution in [0.15, 0.2) is 24.3 Å². The highest BCUT2D eigenvalue weighted by Gasteiger charge is 2.25. The predicted octanol–water partition coefficient (Wildman–Crippen LogP) is 2.84. The summed E-state index contributed by atoms with van der Waals surface area (Å²) in [5.41, 5.74) is 3.21. The fourth-order valence-electron chi connectivity index (χ4n) is 2.32. The number of carbonyl (C=O) groups is 1. The molecule has 0 N–H and O–H groups in total. The normalized spacial score (nSPS) is 19.8. The SMILES string of the molecule is COc1ccc(C2=CCC(C)C(=O)N2C)c(C)c1. The third-order valence-corrected chi connectivity index (χ3v) is 3.49. The van der Waals surface area contributed by atoms with Gasteiger partial charge in [0.15, 0.2) is 0 Å². The second-order valence-electron chi connectivity index (χ2n) is 4.80. The quantitative estimate of drug-likeness (QED) is 0.802. The Labute approximate surface area is 108 Å². The number of ether oxygens (including phenoxy) is 1. The number of rotatable bonds is 2. The average molecular weight is 245 g/mol. The number of allylic oxidation sites excluding steroid dienone is 1. The molecular formula is C15H19NO2. The second-order valence-corrected chi connectivity index (χ2v) is 4.80. The highest BCUT2D eigenvalue weighted by Crippen LogP contribution is 2.30. The van der Waals surface area contributed by atoms with E-state index in [1.807, 2.05) is 39.1 Å². The Morgan fingerprint density at radius 3 is 2.72 bits per heavy atom. The van der Waals surface area contributed by atoms with E-state index in [2.05, 4.69) is 6.08 Å². The largest absolute Gasteiger partial charge is 0.497 e. The van der Waals surface area contributed by atoms with Gasteiger partial charge in [0.05, 0.1) is 7.11 Å². The standard InChI is InChI=1S/C15H19NO2/c1-10-5-8-14(16(3)15(10)17)13-7-6-12(18-4)9-11(13)2/h6-10H,5H2,1-4H3. The highest BCUT2D eigenvalue weighted by atomic mass is 16.5. The van der Waals surface area contributed by atoms with Gasteiger partial charge >= 0.3 is 0 Å². The van der Waals surface area contributed by atoms with Crippen LogP contribution in [0.4, 0.5) is 0 Å². The van der Waals surface area contributed by atoms with E-state index in [1.54, 1.807) is 12.0 Å². The van der Waals surface area contributed by atoms with Crippen molar-refractivity contribution < 1.29 is 9.53 Å². The number of nitrogens with zero attached hydrogens (tertiary/aromatic N) is 1. The van der Waals surface area contributed by atoms with Crippen LogP contribution >= 0.6 is 0 Å². The number of hydrogen-bond donors (Lipinski definition) is 0. The third kappa shape index (κ3) is 2.13. The topological polar surface area (TPSA) is 29.5 Å². The van der Waals surface area contributed by atoms with Crippen LogP contribution in [-0.2, 0) is 4.79 Å². The molecule has 1 heterocycles. The Hall–Kier alpha value is -1.77. The van der Waals surface area contributed by atoms with Gasteiger partial charge in [-0.2, -0.15) is 0 Å². The van der Waals surface area contributed by atoms with E-state index in [-0.39, 0.29) is 11.8 Å². The van der Waals surface area contributed by atoms with Gasteiger partial charge in [-0.3, -0.25) is 4.79 Å². The van der Waals surface area contributed by atoms with Crippen LogP contribution in [0.2, 0.25) is 0 Å².